The van der Waals surface area contributed by atoms with E-state index in [1.165, 1.54) is 12.1 Å². The first kappa shape index (κ1) is 19.4. The number of nitrogens with zero attached hydrogens (tertiary/aromatic N) is 4. The molecular formula is C18H18Cl2FN5O. The number of nitrogens with one attached hydrogen (secondary N) is 1. The third-order valence-corrected chi connectivity index (χ3v) is 5.02. The van der Waals surface area contributed by atoms with Gasteiger partial charge in [0.1, 0.15) is 16.9 Å². The van der Waals surface area contributed by atoms with Crippen molar-refractivity contribution >= 4 is 34.9 Å². The first-order valence-corrected chi connectivity index (χ1v) is 9.01. The van der Waals surface area contributed by atoms with E-state index in [9.17, 15) is 9.18 Å². The van der Waals surface area contributed by atoms with Crippen molar-refractivity contribution in [3.63, 3.8) is 0 Å². The fourth-order valence-electron chi connectivity index (χ4n) is 2.69. The Morgan fingerprint density at radius 1 is 1.22 bits per heavy atom. The molecule has 9 heteroatoms. The number of aryl methyl sites for hydroxylation is 1. The quantitative estimate of drug-likeness (QED) is 0.679. The summed E-state index contributed by atoms with van der Waals surface area (Å²) >= 11 is 12.3. The van der Waals surface area contributed by atoms with Gasteiger partial charge in [-0.15, -0.1) is 0 Å². The highest BCUT2D eigenvalue weighted by atomic mass is 35.5. The highest BCUT2D eigenvalue weighted by molar-refractivity contribution is 6.33. The number of carbonyl (C=O) groups excluding carboxylic acids is 1. The van der Waals surface area contributed by atoms with Crippen LogP contribution < -0.4 is 5.32 Å². The number of halogens is 3. The summed E-state index contributed by atoms with van der Waals surface area (Å²) in [5.74, 6) is -0.363. The molecule has 1 unspecified atom stereocenters. The zero-order valence-electron chi connectivity index (χ0n) is 15.0. The van der Waals surface area contributed by atoms with Crippen molar-refractivity contribution < 1.29 is 9.18 Å². The summed E-state index contributed by atoms with van der Waals surface area (Å²) in [6.07, 6.45) is 1.60. The number of rotatable bonds is 5. The Morgan fingerprint density at radius 2 is 1.89 bits per heavy atom. The molecule has 0 fully saturated rings. The summed E-state index contributed by atoms with van der Waals surface area (Å²) in [5.41, 5.74) is 2.24. The Morgan fingerprint density at radius 3 is 2.48 bits per heavy atom. The third-order valence-electron chi connectivity index (χ3n) is 4.20. The maximum Gasteiger partial charge on any atom is 0.250 e. The highest BCUT2D eigenvalue weighted by Crippen LogP contribution is 2.24. The molecule has 27 heavy (non-hydrogen) atoms. The van der Waals surface area contributed by atoms with Crippen LogP contribution in [-0.2, 0) is 11.3 Å². The van der Waals surface area contributed by atoms with Crippen LogP contribution in [0.1, 0.15) is 29.9 Å². The molecule has 2 heterocycles. The minimum absolute atomic E-state index is 0.253. The Balaban J connectivity index is 1.73. The van der Waals surface area contributed by atoms with Crippen LogP contribution in [0.25, 0.3) is 0 Å². The van der Waals surface area contributed by atoms with Gasteiger partial charge in [0.2, 0.25) is 5.91 Å². The molecule has 6 nitrogen and oxygen atoms in total. The summed E-state index contributed by atoms with van der Waals surface area (Å²) in [7, 11) is 0. The fourth-order valence-corrected chi connectivity index (χ4v) is 3.01. The first-order chi connectivity index (χ1) is 12.8. The zero-order chi connectivity index (χ0) is 19.7. The maximum atomic E-state index is 13.0. The average Bonchev–Trinajstić information content (AvgIpc) is 3.10. The highest BCUT2D eigenvalue weighted by Gasteiger charge is 2.22. The Bertz CT molecular complexity index is 981. The molecule has 0 spiro atoms. The second kappa shape index (κ2) is 7.70. The van der Waals surface area contributed by atoms with Crippen molar-refractivity contribution in [1.29, 1.82) is 0 Å². The van der Waals surface area contributed by atoms with Gasteiger partial charge in [0.05, 0.1) is 23.0 Å². The molecule has 142 valence electrons. The molecule has 0 aliphatic rings. The van der Waals surface area contributed by atoms with Crippen LogP contribution in [0.3, 0.4) is 0 Å². The molecule has 1 amide bonds. The van der Waals surface area contributed by atoms with Crippen LogP contribution in [0, 0.1) is 19.7 Å². The van der Waals surface area contributed by atoms with E-state index in [0.29, 0.717) is 28.0 Å². The van der Waals surface area contributed by atoms with Crippen molar-refractivity contribution in [1.82, 2.24) is 19.6 Å². The van der Waals surface area contributed by atoms with Crippen LogP contribution >= 0.6 is 23.2 Å². The molecule has 2 aromatic heterocycles. The lowest BCUT2D eigenvalue weighted by Crippen LogP contribution is -2.25. The fraction of sp³-hybridized carbons (Fsp3) is 0.278. The Hall–Kier alpha value is -2.38. The van der Waals surface area contributed by atoms with Gasteiger partial charge in [-0.25, -0.2) is 4.39 Å². The van der Waals surface area contributed by atoms with Crippen LogP contribution in [0.4, 0.5) is 10.2 Å². The topological polar surface area (TPSA) is 64.7 Å². The van der Waals surface area contributed by atoms with E-state index in [1.54, 1.807) is 48.5 Å². The van der Waals surface area contributed by atoms with Crippen molar-refractivity contribution in [3.05, 3.63) is 63.3 Å². The lowest BCUT2D eigenvalue weighted by Gasteiger charge is -2.13. The summed E-state index contributed by atoms with van der Waals surface area (Å²) in [5, 5.41) is 12.2. The van der Waals surface area contributed by atoms with Gasteiger partial charge in [-0.05, 0) is 38.5 Å². The first-order valence-electron chi connectivity index (χ1n) is 8.25. The number of carbonyl (C=O) groups is 1. The molecule has 0 aliphatic heterocycles. The van der Waals surface area contributed by atoms with Gasteiger partial charge in [-0.2, -0.15) is 10.2 Å². The summed E-state index contributed by atoms with van der Waals surface area (Å²) in [6.45, 7) is 5.70. The molecule has 1 atom stereocenters. The lowest BCUT2D eigenvalue weighted by molar-refractivity contribution is -0.119. The molecular weight excluding hydrogens is 392 g/mol. The summed E-state index contributed by atoms with van der Waals surface area (Å²) < 4.78 is 16.1. The minimum Gasteiger partial charge on any atom is -0.306 e. The van der Waals surface area contributed by atoms with Crippen molar-refractivity contribution in [3.8, 4) is 0 Å². The Kier molecular flexibility index (Phi) is 5.53. The van der Waals surface area contributed by atoms with E-state index in [0.717, 1.165) is 5.56 Å². The van der Waals surface area contributed by atoms with E-state index in [4.69, 9.17) is 23.2 Å². The smallest absolute Gasteiger partial charge is 0.250 e. The molecule has 1 N–H and O–H groups in total. The lowest BCUT2D eigenvalue weighted by atomic mass is 10.2. The van der Waals surface area contributed by atoms with Crippen LogP contribution in [-0.4, -0.2) is 25.5 Å². The SMILES string of the molecule is Cc1nn(C(C)C(=O)Nc2nn(Cc3ccc(F)cc3)cc2Cl)c(C)c1Cl. The largest absolute Gasteiger partial charge is 0.306 e. The second-order valence-corrected chi connectivity index (χ2v) is 7.03. The molecule has 0 bridgehead atoms. The van der Waals surface area contributed by atoms with Crippen LogP contribution in [0.15, 0.2) is 30.5 Å². The van der Waals surface area contributed by atoms with Gasteiger partial charge < -0.3 is 5.32 Å². The predicted octanol–water partition coefficient (Wildman–Crippen LogP) is 4.39. The summed E-state index contributed by atoms with van der Waals surface area (Å²) in [6, 6.07) is 5.50. The molecule has 3 aromatic rings. The molecule has 0 aliphatic carbocycles. The molecule has 0 saturated carbocycles. The van der Waals surface area contributed by atoms with E-state index in [2.05, 4.69) is 15.5 Å². The van der Waals surface area contributed by atoms with Gasteiger partial charge in [0.25, 0.3) is 0 Å². The zero-order valence-corrected chi connectivity index (χ0v) is 16.5. The number of benzene rings is 1. The summed E-state index contributed by atoms with van der Waals surface area (Å²) in [4.78, 5) is 12.6. The number of hydrogen-bond donors (Lipinski definition) is 1. The van der Waals surface area contributed by atoms with Crippen LogP contribution in [0.2, 0.25) is 10.0 Å². The van der Waals surface area contributed by atoms with E-state index in [1.807, 2.05) is 0 Å². The van der Waals surface area contributed by atoms with E-state index in [-0.39, 0.29) is 17.5 Å². The molecule has 0 radical (unpaired) electrons. The monoisotopic (exact) mass is 409 g/mol. The van der Waals surface area contributed by atoms with Gasteiger partial charge in [0.15, 0.2) is 5.82 Å². The number of aromatic nitrogens is 4. The normalized spacial score (nSPS) is 12.2. The van der Waals surface area contributed by atoms with Crippen molar-refractivity contribution in [2.24, 2.45) is 0 Å². The number of hydrogen-bond acceptors (Lipinski definition) is 3. The van der Waals surface area contributed by atoms with E-state index < -0.39 is 6.04 Å². The van der Waals surface area contributed by atoms with E-state index >= 15 is 0 Å². The van der Waals surface area contributed by atoms with Crippen LogP contribution in [0.5, 0.6) is 0 Å². The van der Waals surface area contributed by atoms with Gasteiger partial charge in [0, 0.05) is 6.20 Å². The number of anilines is 1. The second-order valence-electron chi connectivity index (χ2n) is 6.24. The molecule has 3 rings (SSSR count). The maximum absolute atomic E-state index is 13.0. The molecule has 1 aromatic carbocycles. The third kappa shape index (κ3) is 4.14. The molecule has 0 saturated heterocycles. The van der Waals surface area contributed by atoms with Gasteiger partial charge >= 0.3 is 0 Å². The number of amides is 1. The predicted molar refractivity (Wildman–Crippen MR) is 103 cm³/mol. The average molecular weight is 410 g/mol. The van der Waals surface area contributed by atoms with Crippen molar-refractivity contribution in [2.75, 3.05) is 5.32 Å². The Labute approximate surface area is 165 Å². The van der Waals surface area contributed by atoms with Crippen molar-refractivity contribution in [2.45, 2.75) is 33.4 Å². The minimum atomic E-state index is -0.588. The standard InChI is InChI=1S/C18H18Cl2FN5O/c1-10-16(20)11(2)26(23-10)12(3)18(27)22-17-15(19)9-25(24-17)8-13-4-6-14(21)7-5-13/h4-7,9,12H,8H2,1-3H3,(H,22,24,27). The van der Waals surface area contributed by atoms with Gasteiger partial charge in [-0.3, -0.25) is 14.2 Å². The van der Waals surface area contributed by atoms with Gasteiger partial charge in [-0.1, -0.05) is 35.3 Å².